The summed E-state index contributed by atoms with van der Waals surface area (Å²) in [5.74, 6) is 1.70. The Kier molecular flexibility index (Phi) is 7.26. The second kappa shape index (κ2) is 9.70. The molecule has 1 unspecified atom stereocenters. The molecule has 2 aromatic heterocycles. The lowest BCUT2D eigenvalue weighted by Crippen LogP contribution is -2.41. The first-order chi connectivity index (χ1) is 11.7. The monoisotopic (exact) mass is 328 g/mol. The topological polar surface area (TPSA) is 67.1 Å². The van der Waals surface area contributed by atoms with Gasteiger partial charge in [0.2, 0.25) is 0 Å². The fourth-order valence-corrected chi connectivity index (χ4v) is 2.49. The minimum absolute atomic E-state index is 0.418. The molecule has 0 aliphatic heterocycles. The number of hydrogen-bond acceptors (Lipinski definition) is 3. The van der Waals surface area contributed by atoms with Gasteiger partial charge in [-0.25, -0.2) is 9.97 Å². The van der Waals surface area contributed by atoms with Crippen molar-refractivity contribution in [3.63, 3.8) is 0 Å². The summed E-state index contributed by atoms with van der Waals surface area (Å²) in [6.07, 6.45) is 12.1. The lowest BCUT2D eigenvalue weighted by molar-refractivity contribution is 0.546. The van der Waals surface area contributed by atoms with Crippen molar-refractivity contribution in [2.45, 2.75) is 52.1 Å². The molecule has 0 spiro atoms. The molecule has 0 fully saturated rings. The van der Waals surface area contributed by atoms with Gasteiger partial charge in [-0.1, -0.05) is 26.2 Å². The van der Waals surface area contributed by atoms with E-state index in [1.165, 1.54) is 19.3 Å². The van der Waals surface area contributed by atoms with E-state index in [1.807, 2.05) is 29.1 Å². The van der Waals surface area contributed by atoms with Gasteiger partial charge in [0.25, 0.3) is 0 Å². The van der Waals surface area contributed by atoms with Crippen LogP contribution < -0.4 is 10.6 Å². The summed E-state index contributed by atoms with van der Waals surface area (Å²) in [7, 11) is 1.80. The van der Waals surface area contributed by atoms with E-state index in [0.29, 0.717) is 12.6 Å². The molecule has 0 aliphatic rings. The first kappa shape index (κ1) is 18.0. The normalized spacial score (nSPS) is 12.9. The Hall–Kier alpha value is -2.37. The summed E-state index contributed by atoms with van der Waals surface area (Å²) in [5, 5.41) is 6.81. The van der Waals surface area contributed by atoms with Gasteiger partial charge in [-0.3, -0.25) is 9.56 Å². The Morgan fingerprint density at radius 2 is 2.21 bits per heavy atom. The molecule has 6 nitrogen and oxygen atoms in total. The van der Waals surface area contributed by atoms with Gasteiger partial charge in [-0.2, -0.15) is 0 Å². The van der Waals surface area contributed by atoms with Crippen LogP contribution in [0.2, 0.25) is 0 Å². The van der Waals surface area contributed by atoms with Crippen molar-refractivity contribution >= 4 is 5.96 Å². The predicted molar refractivity (Wildman–Crippen MR) is 98.3 cm³/mol. The third-order valence-electron chi connectivity index (χ3n) is 3.89. The number of nitrogens with zero attached hydrogens (tertiary/aromatic N) is 4. The van der Waals surface area contributed by atoms with Gasteiger partial charge in [-0.05, 0) is 31.0 Å². The largest absolute Gasteiger partial charge is 0.354 e. The van der Waals surface area contributed by atoms with Crippen molar-refractivity contribution in [3.8, 4) is 5.82 Å². The summed E-state index contributed by atoms with van der Waals surface area (Å²) in [6.45, 7) is 5.13. The van der Waals surface area contributed by atoms with Crippen LogP contribution in [-0.4, -0.2) is 33.6 Å². The number of guanidine groups is 1. The van der Waals surface area contributed by atoms with Gasteiger partial charge in [0.1, 0.15) is 12.1 Å². The zero-order chi connectivity index (χ0) is 17.2. The third kappa shape index (κ3) is 5.68. The summed E-state index contributed by atoms with van der Waals surface area (Å²) in [4.78, 5) is 12.7. The maximum absolute atomic E-state index is 4.37. The Balaban J connectivity index is 1.86. The number of aromatic nitrogens is 3. The minimum Gasteiger partial charge on any atom is -0.354 e. The number of hydrogen-bond donors (Lipinski definition) is 2. The highest BCUT2D eigenvalue weighted by molar-refractivity contribution is 5.79. The second-order valence-corrected chi connectivity index (χ2v) is 5.96. The zero-order valence-electron chi connectivity index (χ0n) is 14.9. The van der Waals surface area contributed by atoms with Crippen LogP contribution >= 0.6 is 0 Å². The molecule has 1 atom stereocenters. The average Bonchev–Trinajstić information content (AvgIpc) is 3.14. The molecule has 2 heterocycles. The van der Waals surface area contributed by atoms with E-state index in [2.05, 4.69) is 39.4 Å². The fourth-order valence-electron chi connectivity index (χ4n) is 2.49. The van der Waals surface area contributed by atoms with Crippen LogP contribution in [0.5, 0.6) is 0 Å². The van der Waals surface area contributed by atoms with Crippen LogP contribution in [0.15, 0.2) is 42.0 Å². The van der Waals surface area contributed by atoms with Gasteiger partial charge in [0.05, 0.1) is 0 Å². The fraction of sp³-hybridized carbons (Fsp3) is 0.500. The molecule has 130 valence electrons. The van der Waals surface area contributed by atoms with E-state index in [1.54, 1.807) is 19.6 Å². The van der Waals surface area contributed by atoms with Crippen molar-refractivity contribution in [3.05, 3.63) is 42.6 Å². The van der Waals surface area contributed by atoms with E-state index >= 15 is 0 Å². The number of nitrogens with one attached hydrogen (secondary N) is 2. The van der Waals surface area contributed by atoms with Crippen molar-refractivity contribution in [1.82, 2.24) is 25.2 Å². The van der Waals surface area contributed by atoms with Gasteiger partial charge in [0.15, 0.2) is 5.96 Å². The van der Waals surface area contributed by atoms with Crippen LogP contribution in [0, 0.1) is 0 Å². The molecule has 0 saturated heterocycles. The smallest absolute Gasteiger partial charge is 0.191 e. The number of aliphatic imine (C=N–C) groups is 1. The van der Waals surface area contributed by atoms with E-state index < -0.39 is 0 Å². The van der Waals surface area contributed by atoms with Gasteiger partial charge >= 0.3 is 0 Å². The maximum Gasteiger partial charge on any atom is 0.191 e. The lowest BCUT2D eigenvalue weighted by Gasteiger charge is -2.18. The van der Waals surface area contributed by atoms with E-state index in [9.17, 15) is 0 Å². The molecule has 0 aromatic carbocycles. The van der Waals surface area contributed by atoms with E-state index in [0.717, 1.165) is 23.8 Å². The zero-order valence-corrected chi connectivity index (χ0v) is 14.9. The van der Waals surface area contributed by atoms with Crippen molar-refractivity contribution in [1.29, 1.82) is 0 Å². The number of pyridine rings is 1. The predicted octanol–water partition coefficient (Wildman–Crippen LogP) is 2.90. The van der Waals surface area contributed by atoms with Crippen LogP contribution in [-0.2, 0) is 6.54 Å². The Morgan fingerprint density at radius 1 is 1.33 bits per heavy atom. The summed E-state index contributed by atoms with van der Waals surface area (Å²) in [6, 6.07) is 4.47. The van der Waals surface area contributed by atoms with Gasteiger partial charge in [-0.15, -0.1) is 0 Å². The van der Waals surface area contributed by atoms with Gasteiger partial charge in [0, 0.05) is 38.2 Å². The quantitative estimate of drug-likeness (QED) is 0.444. The standard InChI is InChI=1S/C18H28N6/c1-4-5-6-7-15(2)23-18(19-3)22-13-16-8-9-21-17(12-16)24-11-10-20-14-24/h8-12,14-15H,4-7,13H2,1-3H3,(H2,19,22,23). The Labute approximate surface area is 144 Å². The molecular formula is C18H28N6. The molecule has 0 saturated carbocycles. The number of rotatable bonds is 8. The molecule has 6 heteroatoms. The lowest BCUT2D eigenvalue weighted by atomic mass is 10.1. The third-order valence-corrected chi connectivity index (χ3v) is 3.89. The first-order valence-electron chi connectivity index (χ1n) is 8.63. The molecule has 0 bridgehead atoms. The van der Waals surface area contributed by atoms with Crippen molar-refractivity contribution in [2.24, 2.45) is 4.99 Å². The first-order valence-corrected chi connectivity index (χ1v) is 8.63. The number of imidazole rings is 1. The average molecular weight is 328 g/mol. The van der Waals surface area contributed by atoms with Crippen LogP contribution in [0.1, 0.15) is 45.1 Å². The number of unbranched alkanes of at least 4 members (excludes halogenated alkanes) is 2. The molecule has 2 N–H and O–H groups in total. The van der Waals surface area contributed by atoms with Crippen LogP contribution in [0.3, 0.4) is 0 Å². The second-order valence-electron chi connectivity index (χ2n) is 5.96. The Bertz CT molecular complexity index is 620. The summed E-state index contributed by atoms with van der Waals surface area (Å²) >= 11 is 0. The molecular weight excluding hydrogens is 300 g/mol. The maximum atomic E-state index is 4.37. The highest BCUT2D eigenvalue weighted by atomic mass is 15.2. The molecule has 24 heavy (non-hydrogen) atoms. The minimum atomic E-state index is 0.418. The van der Waals surface area contributed by atoms with Crippen LogP contribution in [0.25, 0.3) is 5.82 Å². The molecule has 0 aliphatic carbocycles. The summed E-state index contributed by atoms with van der Waals surface area (Å²) in [5.41, 5.74) is 1.15. The molecule has 2 aromatic rings. The highest BCUT2D eigenvalue weighted by Crippen LogP contribution is 2.07. The molecule has 0 radical (unpaired) electrons. The SMILES string of the molecule is CCCCCC(C)NC(=NC)NCc1ccnc(-n2ccnc2)c1. The molecule has 2 rings (SSSR count). The Morgan fingerprint density at radius 3 is 2.92 bits per heavy atom. The van der Waals surface area contributed by atoms with Crippen LogP contribution in [0.4, 0.5) is 0 Å². The molecule has 0 amide bonds. The highest BCUT2D eigenvalue weighted by Gasteiger charge is 2.05. The van der Waals surface area contributed by atoms with Gasteiger partial charge < -0.3 is 10.6 Å². The van der Waals surface area contributed by atoms with E-state index in [-0.39, 0.29) is 0 Å². The van der Waals surface area contributed by atoms with Crippen molar-refractivity contribution in [2.75, 3.05) is 7.05 Å². The van der Waals surface area contributed by atoms with Crippen molar-refractivity contribution < 1.29 is 0 Å². The van der Waals surface area contributed by atoms with E-state index in [4.69, 9.17) is 0 Å². The summed E-state index contributed by atoms with van der Waals surface area (Å²) < 4.78 is 1.90.